The van der Waals surface area contributed by atoms with Gasteiger partial charge in [-0.1, -0.05) is 0 Å². The normalized spacial score (nSPS) is 24.3. The Hall–Kier alpha value is -1.53. The molecule has 6 nitrogen and oxygen atoms in total. The molecule has 0 saturated heterocycles. The average Bonchev–Trinajstić information content (AvgIpc) is 2.93. The first kappa shape index (κ1) is 17.8. The fourth-order valence-corrected chi connectivity index (χ4v) is 3.06. The van der Waals surface area contributed by atoms with E-state index in [0.29, 0.717) is 11.8 Å². The van der Waals surface area contributed by atoms with Crippen molar-refractivity contribution in [2.24, 2.45) is 0 Å². The molecule has 1 aromatic rings. The van der Waals surface area contributed by atoms with E-state index in [2.05, 4.69) is 29.6 Å². The van der Waals surface area contributed by atoms with Crippen LogP contribution in [0.3, 0.4) is 0 Å². The highest BCUT2D eigenvalue weighted by atomic mass is 16.4. The van der Waals surface area contributed by atoms with E-state index >= 15 is 0 Å². The Bertz CT molecular complexity index is 525. The van der Waals surface area contributed by atoms with Crippen LogP contribution in [0.4, 0.5) is 4.79 Å². The number of hydrogen-bond acceptors (Lipinski definition) is 4. The molecule has 2 amide bonds. The van der Waals surface area contributed by atoms with E-state index in [1.165, 1.54) is 6.42 Å². The molecule has 6 heteroatoms. The molecular formula is C17H29N3O3. The third kappa shape index (κ3) is 4.97. The number of carbonyl (C=O) groups excluding carboxylic acids is 1. The van der Waals surface area contributed by atoms with E-state index in [0.717, 1.165) is 25.0 Å². The van der Waals surface area contributed by atoms with Gasteiger partial charge in [-0.15, -0.1) is 0 Å². The summed E-state index contributed by atoms with van der Waals surface area (Å²) in [7, 11) is 4.16. The molecule has 0 bridgehead atoms. The monoisotopic (exact) mass is 323 g/mol. The van der Waals surface area contributed by atoms with E-state index in [1.54, 1.807) is 19.1 Å². The van der Waals surface area contributed by atoms with Gasteiger partial charge in [0.05, 0.1) is 6.54 Å². The van der Waals surface area contributed by atoms with Crippen LogP contribution >= 0.6 is 0 Å². The number of rotatable bonds is 5. The van der Waals surface area contributed by atoms with Gasteiger partial charge in [0, 0.05) is 12.1 Å². The minimum absolute atomic E-state index is 0.107. The lowest BCUT2D eigenvalue weighted by atomic mass is 9.90. The smallest absolute Gasteiger partial charge is 0.315 e. The van der Waals surface area contributed by atoms with Crippen LogP contribution in [0, 0.1) is 6.92 Å². The van der Waals surface area contributed by atoms with Crippen LogP contribution < -0.4 is 10.6 Å². The molecule has 0 spiro atoms. The van der Waals surface area contributed by atoms with Gasteiger partial charge >= 0.3 is 6.03 Å². The Kier molecular flexibility index (Phi) is 5.70. The summed E-state index contributed by atoms with van der Waals surface area (Å²) in [4.78, 5) is 14.3. The highest BCUT2D eigenvalue weighted by Crippen LogP contribution is 2.23. The SMILES string of the molecule is Cc1ccc(C(C)(O)CNC(=O)NC2CCCC(N(C)C)C2)o1. The van der Waals surface area contributed by atoms with Crippen LogP contribution in [-0.2, 0) is 5.60 Å². The minimum atomic E-state index is -1.22. The van der Waals surface area contributed by atoms with Gasteiger partial charge in [-0.3, -0.25) is 0 Å². The van der Waals surface area contributed by atoms with Gasteiger partial charge in [-0.05, 0) is 65.8 Å². The molecule has 1 heterocycles. The van der Waals surface area contributed by atoms with E-state index in [9.17, 15) is 9.90 Å². The summed E-state index contributed by atoms with van der Waals surface area (Å²) in [6.07, 6.45) is 4.27. The van der Waals surface area contributed by atoms with Crippen molar-refractivity contribution in [2.75, 3.05) is 20.6 Å². The molecule has 23 heavy (non-hydrogen) atoms. The molecule has 3 unspecified atom stereocenters. The second-order valence-corrected chi connectivity index (χ2v) is 6.99. The van der Waals surface area contributed by atoms with Crippen molar-refractivity contribution in [3.63, 3.8) is 0 Å². The Morgan fingerprint density at radius 3 is 2.78 bits per heavy atom. The van der Waals surface area contributed by atoms with Crippen molar-refractivity contribution in [3.8, 4) is 0 Å². The van der Waals surface area contributed by atoms with Gasteiger partial charge in [-0.25, -0.2) is 4.79 Å². The number of urea groups is 1. The highest BCUT2D eigenvalue weighted by molar-refractivity contribution is 5.74. The average molecular weight is 323 g/mol. The largest absolute Gasteiger partial charge is 0.463 e. The number of aliphatic hydroxyl groups is 1. The van der Waals surface area contributed by atoms with Crippen LogP contribution in [0.15, 0.2) is 16.5 Å². The second-order valence-electron chi connectivity index (χ2n) is 6.99. The van der Waals surface area contributed by atoms with E-state index < -0.39 is 5.60 Å². The zero-order chi connectivity index (χ0) is 17.0. The van der Waals surface area contributed by atoms with Crippen LogP contribution in [0.25, 0.3) is 0 Å². The first-order chi connectivity index (χ1) is 10.8. The van der Waals surface area contributed by atoms with Crippen molar-refractivity contribution in [1.29, 1.82) is 0 Å². The molecule has 1 aliphatic carbocycles. The van der Waals surface area contributed by atoms with Crippen LogP contribution in [-0.4, -0.2) is 48.8 Å². The number of nitrogens with zero attached hydrogens (tertiary/aromatic N) is 1. The summed E-state index contributed by atoms with van der Waals surface area (Å²) < 4.78 is 5.44. The maximum Gasteiger partial charge on any atom is 0.315 e. The molecule has 1 aromatic heterocycles. The molecule has 3 N–H and O–H groups in total. The number of carbonyl (C=O) groups is 1. The Morgan fingerprint density at radius 1 is 1.43 bits per heavy atom. The third-order valence-corrected chi connectivity index (χ3v) is 4.58. The van der Waals surface area contributed by atoms with Crippen molar-refractivity contribution in [2.45, 2.75) is 57.2 Å². The van der Waals surface area contributed by atoms with Gasteiger partial charge in [0.2, 0.25) is 0 Å². The first-order valence-electron chi connectivity index (χ1n) is 8.28. The maximum absolute atomic E-state index is 12.1. The van der Waals surface area contributed by atoms with Crippen LogP contribution in [0.5, 0.6) is 0 Å². The lowest BCUT2D eigenvalue weighted by molar-refractivity contribution is 0.0358. The number of nitrogens with one attached hydrogen (secondary N) is 2. The van der Waals surface area contributed by atoms with Gasteiger partial charge in [0.15, 0.2) is 0 Å². The molecule has 130 valence electrons. The van der Waals surface area contributed by atoms with Crippen LogP contribution in [0.2, 0.25) is 0 Å². The number of aryl methyl sites for hydroxylation is 1. The molecule has 1 aliphatic rings. The fraction of sp³-hybridized carbons (Fsp3) is 0.706. The zero-order valence-corrected chi connectivity index (χ0v) is 14.6. The maximum atomic E-state index is 12.1. The second kappa shape index (κ2) is 7.36. The summed E-state index contributed by atoms with van der Waals surface area (Å²) in [5, 5.41) is 16.2. The fourth-order valence-electron chi connectivity index (χ4n) is 3.06. The topological polar surface area (TPSA) is 77.7 Å². The summed E-state index contributed by atoms with van der Waals surface area (Å²) >= 11 is 0. The summed E-state index contributed by atoms with van der Waals surface area (Å²) in [6, 6.07) is 4.00. The molecule has 1 fully saturated rings. The molecule has 1 saturated carbocycles. The number of hydrogen-bond donors (Lipinski definition) is 3. The van der Waals surface area contributed by atoms with Crippen LogP contribution in [0.1, 0.15) is 44.1 Å². The zero-order valence-electron chi connectivity index (χ0n) is 14.6. The van der Waals surface area contributed by atoms with Crippen molar-refractivity contribution in [1.82, 2.24) is 15.5 Å². The van der Waals surface area contributed by atoms with Crippen molar-refractivity contribution < 1.29 is 14.3 Å². The lowest BCUT2D eigenvalue weighted by Gasteiger charge is -2.34. The summed E-state index contributed by atoms with van der Waals surface area (Å²) in [6.45, 7) is 3.56. The molecule has 0 aliphatic heterocycles. The van der Waals surface area contributed by atoms with Crippen molar-refractivity contribution in [3.05, 3.63) is 23.7 Å². The Balaban J connectivity index is 1.80. The minimum Gasteiger partial charge on any atom is -0.463 e. The molecule has 0 aromatic carbocycles. The van der Waals surface area contributed by atoms with Gasteiger partial charge in [-0.2, -0.15) is 0 Å². The van der Waals surface area contributed by atoms with E-state index in [-0.39, 0.29) is 18.6 Å². The van der Waals surface area contributed by atoms with Gasteiger partial charge in [0.1, 0.15) is 17.1 Å². The Labute approximate surface area is 138 Å². The number of furan rings is 1. The quantitative estimate of drug-likeness (QED) is 0.774. The highest BCUT2D eigenvalue weighted by Gasteiger charge is 2.28. The summed E-state index contributed by atoms with van der Waals surface area (Å²) in [5.74, 6) is 1.20. The predicted octanol–water partition coefficient (Wildman–Crippen LogP) is 1.97. The summed E-state index contributed by atoms with van der Waals surface area (Å²) in [5.41, 5.74) is -1.22. The van der Waals surface area contributed by atoms with Crippen molar-refractivity contribution >= 4 is 6.03 Å². The van der Waals surface area contributed by atoms with E-state index in [1.807, 2.05) is 6.92 Å². The number of amides is 2. The lowest BCUT2D eigenvalue weighted by Crippen LogP contribution is -2.49. The molecular weight excluding hydrogens is 294 g/mol. The van der Waals surface area contributed by atoms with E-state index in [4.69, 9.17) is 4.42 Å². The third-order valence-electron chi connectivity index (χ3n) is 4.58. The van der Waals surface area contributed by atoms with Gasteiger partial charge < -0.3 is 25.1 Å². The molecule has 2 rings (SSSR count). The molecule has 3 atom stereocenters. The Morgan fingerprint density at radius 2 is 2.17 bits per heavy atom. The standard InChI is InChI=1S/C17H29N3O3/c1-12-8-9-15(23-12)17(2,22)11-18-16(21)19-13-6-5-7-14(10-13)20(3)4/h8-9,13-14,22H,5-7,10-11H2,1-4H3,(H2,18,19,21). The van der Waals surface area contributed by atoms with Gasteiger partial charge in [0.25, 0.3) is 0 Å². The first-order valence-corrected chi connectivity index (χ1v) is 8.28. The molecule has 0 radical (unpaired) electrons. The predicted molar refractivity (Wildman–Crippen MR) is 89.3 cm³/mol.